The number of rotatable bonds is 3. The molecule has 0 saturated carbocycles. The summed E-state index contributed by atoms with van der Waals surface area (Å²) >= 11 is 0. The highest BCUT2D eigenvalue weighted by atomic mass is 16.3. The van der Waals surface area contributed by atoms with E-state index in [4.69, 9.17) is 4.98 Å². The maximum atomic E-state index is 10.1. The molecule has 0 amide bonds. The molecule has 0 aromatic carbocycles. The maximum absolute atomic E-state index is 10.1. The molecular weight excluding hydrogens is 252 g/mol. The predicted octanol–water partition coefficient (Wildman–Crippen LogP) is 2.30. The van der Waals surface area contributed by atoms with Crippen LogP contribution in [-0.2, 0) is 0 Å². The molecule has 0 aliphatic carbocycles. The zero-order chi connectivity index (χ0) is 14.9. The van der Waals surface area contributed by atoms with E-state index in [2.05, 4.69) is 36.0 Å². The molecule has 2 N–H and O–H groups in total. The summed E-state index contributed by atoms with van der Waals surface area (Å²) in [6.45, 7) is 9.86. The molecule has 20 heavy (non-hydrogen) atoms. The molecule has 0 spiro atoms. The van der Waals surface area contributed by atoms with E-state index in [0.717, 1.165) is 49.0 Å². The molecule has 1 aliphatic rings. The third kappa shape index (κ3) is 3.03. The Labute approximate surface area is 121 Å². The van der Waals surface area contributed by atoms with Gasteiger partial charge in [-0.1, -0.05) is 13.8 Å². The average molecular weight is 278 g/mol. The van der Waals surface area contributed by atoms with Crippen molar-refractivity contribution >= 4 is 11.6 Å². The van der Waals surface area contributed by atoms with Crippen LogP contribution in [-0.4, -0.2) is 40.8 Å². The van der Waals surface area contributed by atoms with Gasteiger partial charge in [0.1, 0.15) is 17.5 Å². The van der Waals surface area contributed by atoms with Crippen LogP contribution < -0.4 is 10.2 Å². The molecule has 112 valence electrons. The molecule has 5 heteroatoms. The highest BCUT2D eigenvalue weighted by molar-refractivity contribution is 5.58. The lowest BCUT2D eigenvalue weighted by molar-refractivity contribution is 0.0350. The largest absolute Gasteiger partial charge is 0.390 e. The SMILES string of the molecule is CNc1nc(C(C)C)nc(N2CCC(C)(O)CC2)c1C. The van der Waals surface area contributed by atoms with Crippen LogP contribution in [0.5, 0.6) is 0 Å². The molecule has 2 rings (SSSR count). The first-order valence-electron chi connectivity index (χ1n) is 7.37. The molecule has 1 fully saturated rings. The Morgan fingerprint density at radius 2 is 1.85 bits per heavy atom. The topological polar surface area (TPSA) is 61.3 Å². The fourth-order valence-corrected chi connectivity index (χ4v) is 2.53. The van der Waals surface area contributed by atoms with Crippen LogP contribution in [0.15, 0.2) is 0 Å². The summed E-state index contributed by atoms with van der Waals surface area (Å²) in [5.41, 5.74) is 0.544. The van der Waals surface area contributed by atoms with Crippen molar-refractivity contribution in [2.24, 2.45) is 0 Å². The van der Waals surface area contributed by atoms with E-state index in [1.165, 1.54) is 0 Å². The minimum atomic E-state index is -0.538. The van der Waals surface area contributed by atoms with E-state index in [1.54, 1.807) is 0 Å². The number of anilines is 2. The minimum Gasteiger partial charge on any atom is -0.390 e. The first-order chi connectivity index (χ1) is 9.34. The Morgan fingerprint density at radius 1 is 1.25 bits per heavy atom. The van der Waals surface area contributed by atoms with Gasteiger partial charge in [-0.15, -0.1) is 0 Å². The molecule has 0 unspecified atom stereocenters. The molecule has 1 saturated heterocycles. The van der Waals surface area contributed by atoms with E-state index < -0.39 is 5.60 Å². The lowest BCUT2D eigenvalue weighted by Gasteiger charge is -2.37. The lowest BCUT2D eigenvalue weighted by atomic mass is 9.93. The van der Waals surface area contributed by atoms with Gasteiger partial charge in [0.25, 0.3) is 0 Å². The highest BCUT2D eigenvalue weighted by Gasteiger charge is 2.29. The first-order valence-corrected chi connectivity index (χ1v) is 7.37. The second-order valence-corrected chi connectivity index (χ2v) is 6.27. The average Bonchev–Trinajstić information content (AvgIpc) is 2.39. The van der Waals surface area contributed by atoms with E-state index in [1.807, 2.05) is 14.0 Å². The number of nitrogens with zero attached hydrogens (tertiary/aromatic N) is 3. The third-order valence-corrected chi connectivity index (χ3v) is 4.03. The van der Waals surface area contributed by atoms with Crippen molar-refractivity contribution < 1.29 is 5.11 Å². The zero-order valence-electron chi connectivity index (χ0n) is 13.2. The van der Waals surface area contributed by atoms with E-state index >= 15 is 0 Å². The molecular formula is C15H26N4O. The molecule has 2 heterocycles. The molecule has 0 atom stereocenters. The van der Waals surface area contributed by atoms with Crippen molar-refractivity contribution in [1.29, 1.82) is 0 Å². The first kappa shape index (κ1) is 15.0. The summed E-state index contributed by atoms with van der Waals surface area (Å²) in [6.07, 6.45) is 1.56. The van der Waals surface area contributed by atoms with Gasteiger partial charge < -0.3 is 15.3 Å². The van der Waals surface area contributed by atoms with Crippen molar-refractivity contribution in [2.45, 2.75) is 52.1 Å². The number of piperidine rings is 1. The molecule has 1 aliphatic heterocycles. The van der Waals surface area contributed by atoms with Crippen LogP contribution in [0.2, 0.25) is 0 Å². The Balaban J connectivity index is 2.33. The number of aromatic nitrogens is 2. The van der Waals surface area contributed by atoms with Crippen LogP contribution >= 0.6 is 0 Å². The van der Waals surface area contributed by atoms with Crippen LogP contribution in [0, 0.1) is 6.92 Å². The summed E-state index contributed by atoms with van der Waals surface area (Å²) in [7, 11) is 1.89. The predicted molar refractivity (Wildman–Crippen MR) is 82.5 cm³/mol. The smallest absolute Gasteiger partial charge is 0.137 e. The van der Waals surface area contributed by atoms with Gasteiger partial charge in [0.15, 0.2) is 0 Å². The number of hydrogen-bond acceptors (Lipinski definition) is 5. The maximum Gasteiger partial charge on any atom is 0.137 e. The Kier molecular flexibility index (Phi) is 4.18. The van der Waals surface area contributed by atoms with Crippen LogP contribution in [0.4, 0.5) is 11.6 Å². The molecule has 0 radical (unpaired) electrons. The van der Waals surface area contributed by atoms with Gasteiger partial charge in [0.2, 0.25) is 0 Å². The minimum absolute atomic E-state index is 0.300. The van der Waals surface area contributed by atoms with Crippen LogP contribution in [0.25, 0.3) is 0 Å². The van der Waals surface area contributed by atoms with Gasteiger partial charge >= 0.3 is 0 Å². The molecule has 1 aromatic heterocycles. The lowest BCUT2D eigenvalue weighted by Crippen LogP contribution is -2.43. The summed E-state index contributed by atoms with van der Waals surface area (Å²) in [6, 6.07) is 0. The van der Waals surface area contributed by atoms with Crippen molar-refractivity contribution in [2.75, 3.05) is 30.4 Å². The van der Waals surface area contributed by atoms with Crippen molar-refractivity contribution in [3.05, 3.63) is 11.4 Å². The van der Waals surface area contributed by atoms with Gasteiger partial charge in [-0.3, -0.25) is 0 Å². The van der Waals surface area contributed by atoms with E-state index in [9.17, 15) is 5.11 Å². The van der Waals surface area contributed by atoms with Gasteiger partial charge in [0.05, 0.1) is 5.60 Å². The monoisotopic (exact) mass is 278 g/mol. The molecule has 1 aromatic rings. The fourth-order valence-electron chi connectivity index (χ4n) is 2.53. The van der Waals surface area contributed by atoms with Gasteiger partial charge in [-0.05, 0) is 26.7 Å². The highest BCUT2D eigenvalue weighted by Crippen LogP contribution is 2.30. The van der Waals surface area contributed by atoms with E-state index in [0.29, 0.717) is 5.92 Å². The quantitative estimate of drug-likeness (QED) is 0.888. The standard InChI is InChI=1S/C15H26N4O/c1-10(2)12-17-13(16-5)11(3)14(18-12)19-8-6-15(4,20)7-9-19/h10,20H,6-9H2,1-5H3,(H,16,17,18). The van der Waals surface area contributed by atoms with Gasteiger partial charge in [-0.25, -0.2) is 9.97 Å². The van der Waals surface area contributed by atoms with Crippen molar-refractivity contribution in [3.8, 4) is 0 Å². The van der Waals surface area contributed by atoms with E-state index in [-0.39, 0.29) is 0 Å². The number of aliphatic hydroxyl groups is 1. The normalized spacial score (nSPS) is 18.4. The van der Waals surface area contributed by atoms with Gasteiger partial charge in [0, 0.05) is 31.6 Å². The molecule has 0 bridgehead atoms. The Morgan fingerprint density at radius 3 is 2.35 bits per heavy atom. The molecule has 5 nitrogen and oxygen atoms in total. The van der Waals surface area contributed by atoms with Gasteiger partial charge in [-0.2, -0.15) is 0 Å². The Hall–Kier alpha value is -1.36. The zero-order valence-corrected chi connectivity index (χ0v) is 13.2. The number of hydrogen-bond donors (Lipinski definition) is 2. The van der Waals surface area contributed by atoms with Crippen LogP contribution in [0.1, 0.15) is 50.9 Å². The van der Waals surface area contributed by atoms with Crippen molar-refractivity contribution in [1.82, 2.24) is 9.97 Å². The summed E-state index contributed by atoms with van der Waals surface area (Å²) in [5.74, 6) is 3.07. The van der Waals surface area contributed by atoms with Crippen LogP contribution in [0.3, 0.4) is 0 Å². The fraction of sp³-hybridized carbons (Fsp3) is 0.733. The summed E-state index contributed by atoms with van der Waals surface area (Å²) < 4.78 is 0. The Bertz CT molecular complexity index is 475. The van der Waals surface area contributed by atoms with Crippen molar-refractivity contribution in [3.63, 3.8) is 0 Å². The number of nitrogens with one attached hydrogen (secondary N) is 1. The second-order valence-electron chi connectivity index (χ2n) is 6.27. The summed E-state index contributed by atoms with van der Waals surface area (Å²) in [5, 5.41) is 13.2. The third-order valence-electron chi connectivity index (χ3n) is 4.03. The second kappa shape index (κ2) is 5.56. The summed E-state index contributed by atoms with van der Waals surface area (Å²) in [4.78, 5) is 11.6.